The number of carbonyl (C=O) groups is 1. The van der Waals surface area contributed by atoms with Gasteiger partial charge in [-0.3, -0.25) is 4.79 Å². The second-order valence-corrected chi connectivity index (χ2v) is 6.95. The first-order valence-corrected chi connectivity index (χ1v) is 8.60. The highest BCUT2D eigenvalue weighted by molar-refractivity contribution is 5.88. The Morgan fingerprint density at radius 2 is 2.22 bits per heavy atom. The molecule has 2 aromatic rings. The van der Waals surface area contributed by atoms with Crippen LogP contribution >= 0.6 is 0 Å². The van der Waals surface area contributed by atoms with Gasteiger partial charge in [-0.15, -0.1) is 0 Å². The maximum absolute atomic E-state index is 12.3. The van der Waals surface area contributed by atoms with Crippen LogP contribution in [0.1, 0.15) is 43.9 Å². The van der Waals surface area contributed by atoms with Crippen LogP contribution in [0.4, 0.5) is 0 Å². The van der Waals surface area contributed by atoms with Gasteiger partial charge in [0.1, 0.15) is 11.5 Å². The van der Waals surface area contributed by atoms with Crippen LogP contribution in [0.15, 0.2) is 18.2 Å². The molecule has 1 aromatic heterocycles. The summed E-state index contributed by atoms with van der Waals surface area (Å²) in [6, 6.07) is 6.20. The number of ether oxygens (including phenoxy) is 1. The summed E-state index contributed by atoms with van der Waals surface area (Å²) >= 11 is 0. The van der Waals surface area contributed by atoms with Crippen LogP contribution in [-0.4, -0.2) is 24.4 Å². The lowest BCUT2D eigenvalue weighted by molar-refractivity contribution is -0.125. The quantitative estimate of drug-likeness (QED) is 0.894. The normalized spacial score (nSPS) is 27.1. The molecule has 2 N–H and O–H groups in total. The molecule has 2 atom stereocenters. The van der Waals surface area contributed by atoms with Crippen molar-refractivity contribution in [1.82, 2.24) is 10.3 Å². The molecule has 4 nitrogen and oxygen atoms in total. The van der Waals surface area contributed by atoms with E-state index in [0.717, 1.165) is 43.5 Å². The minimum absolute atomic E-state index is 0.0743. The summed E-state index contributed by atoms with van der Waals surface area (Å²) in [5.74, 6) is 1.27. The Hall–Kier alpha value is -1.81. The van der Waals surface area contributed by atoms with E-state index in [1.807, 2.05) is 6.07 Å². The second kappa shape index (κ2) is 5.38. The van der Waals surface area contributed by atoms with Gasteiger partial charge in [-0.05, 0) is 49.9 Å². The average molecular weight is 312 g/mol. The molecule has 2 heterocycles. The number of aromatic nitrogens is 1. The zero-order valence-electron chi connectivity index (χ0n) is 13.9. The minimum Gasteiger partial charge on any atom is -0.497 e. The highest BCUT2D eigenvalue weighted by atomic mass is 16.5. The average Bonchev–Trinajstić information content (AvgIpc) is 2.94. The molecule has 0 radical (unpaired) electrons. The van der Waals surface area contributed by atoms with Gasteiger partial charge in [0.05, 0.1) is 12.6 Å². The fraction of sp³-hybridized carbons (Fsp3) is 0.526. The van der Waals surface area contributed by atoms with Crippen LogP contribution in [0, 0.1) is 5.92 Å². The summed E-state index contributed by atoms with van der Waals surface area (Å²) in [4.78, 5) is 16.0. The molecule has 0 bridgehead atoms. The summed E-state index contributed by atoms with van der Waals surface area (Å²) in [7, 11) is 1.70. The van der Waals surface area contributed by atoms with E-state index in [1.54, 1.807) is 14.0 Å². The molecule has 23 heavy (non-hydrogen) atoms. The van der Waals surface area contributed by atoms with E-state index in [4.69, 9.17) is 4.74 Å². The van der Waals surface area contributed by atoms with Crippen molar-refractivity contribution in [3.05, 3.63) is 29.5 Å². The fourth-order valence-electron chi connectivity index (χ4n) is 4.73. The molecule has 2 aliphatic rings. The summed E-state index contributed by atoms with van der Waals surface area (Å²) in [5, 5.41) is 4.97. The monoisotopic (exact) mass is 312 g/mol. The Bertz CT molecular complexity index is 764. The van der Waals surface area contributed by atoms with E-state index >= 15 is 0 Å². The Balaban J connectivity index is 1.92. The number of fused-ring (bicyclic) bond motifs is 4. The maximum Gasteiger partial charge on any atom is 0.135 e. The highest BCUT2D eigenvalue weighted by Gasteiger charge is 2.48. The van der Waals surface area contributed by atoms with Gasteiger partial charge < -0.3 is 15.0 Å². The van der Waals surface area contributed by atoms with Gasteiger partial charge >= 0.3 is 0 Å². The van der Waals surface area contributed by atoms with Crippen molar-refractivity contribution in [2.75, 3.05) is 13.7 Å². The standard InChI is InChI=1S/C19H24N2O2/c1-12(22)16-5-3-4-9-19(16)18-14(8-10-20-19)15-11-13(23-2)6-7-17(15)21-18/h6-7,11,16,20-21H,3-5,8-10H2,1-2H3. The Morgan fingerprint density at radius 1 is 1.35 bits per heavy atom. The van der Waals surface area contributed by atoms with Gasteiger partial charge in [0.25, 0.3) is 0 Å². The molecule has 4 rings (SSSR count). The third-order valence-electron chi connectivity index (χ3n) is 5.77. The van der Waals surface area contributed by atoms with Crippen molar-refractivity contribution >= 4 is 16.7 Å². The van der Waals surface area contributed by atoms with Gasteiger partial charge in [-0.25, -0.2) is 0 Å². The van der Waals surface area contributed by atoms with E-state index in [2.05, 4.69) is 22.4 Å². The van der Waals surface area contributed by atoms with Crippen molar-refractivity contribution in [2.45, 2.75) is 44.6 Å². The topological polar surface area (TPSA) is 54.1 Å². The second-order valence-electron chi connectivity index (χ2n) is 6.95. The SMILES string of the molecule is COc1ccc2[nH]c3c(c2c1)CCNC31CCCCC1C(C)=O. The number of hydrogen-bond donors (Lipinski definition) is 2. The van der Waals surface area contributed by atoms with Crippen molar-refractivity contribution in [2.24, 2.45) is 5.92 Å². The predicted octanol–water partition coefficient (Wildman–Crippen LogP) is 3.30. The number of benzene rings is 1. The molecule has 1 fully saturated rings. The van der Waals surface area contributed by atoms with E-state index < -0.39 is 0 Å². The van der Waals surface area contributed by atoms with Crippen LogP contribution in [0.5, 0.6) is 5.75 Å². The molecule has 2 unspecified atom stereocenters. The summed E-state index contributed by atoms with van der Waals surface area (Å²) in [5.41, 5.74) is 3.55. The number of ketones is 1. The number of H-pyrrole nitrogens is 1. The minimum atomic E-state index is -0.204. The summed E-state index contributed by atoms with van der Waals surface area (Å²) in [6.07, 6.45) is 5.34. The number of hydrogen-bond acceptors (Lipinski definition) is 3. The van der Waals surface area contributed by atoms with Crippen molar-refractivity contribution in [3.8, 4) is 5.75 Å². The van der Waals surface area contributed by atoms with Crippen LogP contribution in [0.3, 0.4) is 0 Å². The molecule has 1 saturated carbocycles. The van der Waals surface area contributed by atoms with E-state index in [-0.39, 0.29) is 11.5 Å². The van der Waals surface area contributed by atoms with Crippen LogP contribution in [0.25, 0.3) is 10.9 Å². The third kappa shape index (κ3) is 2.12. The molecule has 1 aliphatic heterocycles. The number of nitrogens with one attached hydrogen (secondary N) is 2. The van der Waals surface area contributed by atoms with Gasteiger partial charge in [0.15, 0.2) is 0 Å². The van der Waals surface area contributed by atoms with Crippen LogP contribution in [-0.2, 0) is 16.8 Å². The van der Waals surface area contributed by atoms with E-state index in [0.29, 0.717) is 5.78 Å². The fourth-order valence-corrected chi connectivity index (χ4v) is 4.73. The van der Waals surface area contributed by atoms with Gasteiger partial charge in [0.2, 0.25) is 0 Å². The predicted molar refractivity (Wildman–Crippen MR) is 90.9 cm³/mol. The lowest BCUT2D eigenvalue weighted by Crippen LogP contribution is -2.55. The lowest BCUT2D eigenvalue weighted by atomic mass is 9.67. The first kappa shape index (κ1) is 14.8. The summed E-state index contributed by atoms with van der Waals surface area (Å²) < 4.78 is 5.40. The largest absolute Gasteiger partial charge is 0.497 e. The molecule has 1 aliphatic carbocycles. The van der Waals surface area contributed by atoms with E-state index in [1.165, 1.54) is 23.1 Å². The van der Waals surface area contributed by atoms with Crippen LogP contribution < -0.4 is 10.1 Å². The lowest BCUT2D eigenvalue weighted by Gasteiger charge is -2.46. The zero-order chi connectivity index (χ0) is 16.0. The number of Topliss-reactive ketones (excluding diaryl/α,β-unsaturated/α-hetero) is 1. The molecule has 4 heteroatoms. The van der Waals surface area contributed by atoms with Gasteiger partial charge in [0, 0.05) is 29.1 Å². The Kier molecular flexibility index (Phi) is 3.45. The molecule has 122 valence electrons. The number of carbonyl (C=O) groups excluding carboxylic acids is 1. The smallest absolute Gasteiger partial charge is 0.135 e. The summed E-state index contributed by atoms with van der Waals surface area (Å²) in [6.45, 7) is 2.68. The molecule has 1 spiro atoms. The van der Waals surface area contributed by atoms with E-state index in [9.17, 15) is 4.79 Å². The Labute approximate surface area is 136 Å². The van der Waals surface area contributed by atoms with Gasteiger partial charge in [-0.2, -0.15) is 0 Å². The zero-order valence-corrected chi connectivity index (χ0v) is 13.9. The maximum atomic E-state index is 12.3. The molecule has 0 saturated heterocycles. The molecule has 0 amide bonds. The first-order valence-electron chi connectivity index (χ1n) is 8.60. The number of methoxy groups -OCH3 is 1. The highest BCUT2D eigenvalue weighted by Crippen LogP contribution is 2.46. The molecular weight excluding hydrogens is 288 g/mol. The van der Waals surface area contributed by atoms with Crippen molar-refractivity contribution in [1.29, 1.82) is 0 Å². The Morgan fingerprint density at radius 3 is 3.00 bits per heavy atom. The van der Waals surface area contributed by atoms with Crippen LogP contribution in [0.2, 0.25) is 0 Å². The first-order chi connectivity index (χ1) is 11.2. The molecular formula is C19H24N2O2. The number of aromatic amines is 1. The number of rotatable bonds is 2. The van der Waals surface area contributed by atoms with Gasteiger partial charge in [-0.1, -0.05) is 12.8 Å². The third-order valence-corrected chi connectivity index (χ3v) is 5.77. The molecule has 1 aromatic carbocycles. The van der Waals surface area contributed by atoms with Crippen molar-refractivity contribution < 1.29 is 9.53 Å². The van der Waals surface area contributed by atoms with Crippen molar-refractivity contribution in [3.63, 3.8) is 0 Å².